The number of phenols is 1. The zero-order valence-corrected chi connectivity index (χ0v) is 10.4. The Bertz CT molecular complexity index is 487. The van der Waals surface area contributed by atoms with Crippen LogP contribution in [-0.4, -0.2) is 22.4 Å². The zero-order chi connectivity index (χ0) is 12.3. The molecule has 0 saturated carbocycles. The molecule has 5 nitrogen and oxygen atoms in total. The van der Waals surface area contributed by atoms with E-state index in [1.165, 1.54) is 18.4 Å². The van der Waals surface area contributed by atoms with Gasteiger partial charge in [0.05, 0.1) is 13.2 Å². The predicted octanol–water partition coefficient (Wildman–Crippen LogP) is 2.43. The quantitative estimate of drug-likeness (QED) is 0.873. The number of phenolic OH excluding ortho intramolecular Hbond substituents is 1. The Morgan fingerprint density at radius 1 is 1.47 bits per heavy atom. The van der Waals surface area contributed by atoms with E-state index in [9.17, 15) is 5.11 Å². The van der Waals surface area contributed by atoms with Gasteiger partial charge >= 0.3 is 0 Å². The molecular weight excluding hydrogens is 238 g/mol. The standard InChI is InChI=1S/C11H13N3O2S/c1-7(13-11-14-12-6-17-11)8-3-4-9(15)10(5-8)16-2/h3-7,15H,1-2H3,(H,13,14). The molecule has 17 heavy (non-hydrogen) atoms. The molecule has 6 heteroatoms. The second kappa shape index (κ2) is 5.01. The van der Waals surface area contributed by atoms with Crippen LogP contribution in [0.2, 0.25) is 0 Å². The van der Waals surface area contributed by atoms with Crippen LogP contribution in [-0.2, 0) is 0 Å². The average Bonchev–Trinajstić information content (AvgIpc) is 2.82. The van der Waals surface area contributed by atoms with Crippen LogP contribution in [0.25, 0.3) is 0 Å². The summed E-state index contributed by atoms with van der Waals surface area (Å²) in [4.78, 5) is 0. The second-order valence-electron chi connectivity index (χ2n) is 3.54. The van der Waals surface area contributed by atoms with Crippen molar-refractivity contribution in [1.29, 1.82) is 0 Å². The molecule has 0 bridgehead atoms. The monoisotopic (exact) mass is 251 g/mol. The van der Waals surface area contributed by atoms with Gasteiger partial charge in [0, 0.05) is 0 Å². The fourth-order valence-corrected chi connectivity index (χ4v) is 2.00. The van der Waals surface area contributed by atoms with E-state index in [0.29, 0.717) is 5.75 Å². The van der Waals surface area contributed by atoms with Crippen LogP contribution in [0.3, 0.4) is 0 Å². The summed E-state index contributed by atoms with van der Waals surface area (Å²) in [5.41, 5.74) is 2.68. The largest absolute Gasteiger partial charge is 0.504 e. The molecule has 2 N–H and O–H groups in total. The van der Waals surface area contributed by atoms with E-state index in [4.69, 9.17) is 4.74 Å². The van der Waals surface area contributed by atoms with E-state index in [1.54, 1.807) is 17.6 Å². The molecule has 1 atom stereocenters. The minimum atomic E-state index is 0.0671. The molecule has 0 amide bonds. The van der Waals surface area contributed by atoms with Gasteiger partial charge in [-0.3, -0.25) is 0 Å². The summed E-state index contributed by atoms with van der Waals surface area (Å²) in [5, 5.41) is 21.2. The highest BCUT2D eigenvalue weighted by molar-refractivity contribution is 7.13. The van der Waals surface area contributed by atoms with Crippen molar-refractivity contribution in [3.05, 3.63) is 29.3 Å². The van der Waals surface area contributed by atoms with Gasteiger partial charge in [-0.05, 0) is 24.6 Å². The Hall–Kier alpha value is -1.82. The molecule has 0 saturated heterocycles. The maximum Gasteiger partial charge on any atom is 0.205 e. The number of aromatic nitrogens is 2. The number of ether oxygens (including phenoxy) is 1. The lowest BCUT2D eigenvalue weighted by Crippen LogP contribution is -2.06. The number of hydrogen-bond donors (Lipinski definition) is 2. The van der Waals surface area contributed by atoms with Crippen LogP contribution in [0, 0.1) is 0 Å². The third-order valence-corrected chi connectivity index (χ3v) is 3.03. The third-order valence-electron chi connectivity index (χ3n) is 2.40. The van der Waals surface area contributed by atoms with Gasteiger partial charge in [0.1, 0.15) is 5.51 Å². The minimum Gasteiger partial charge on any atom is -0.504 e. The smallest absolute Gasteiger partial charge is 0.205 e. The highest BCUT2D eigenvalue weighted by Crippen LogP contribution is 2.30. The van der Waals surface area contributed by atoms with Crippen LogP contribution in [0.4, 0.5) is 5.13 Å². The predicted molar refractivity (Wildman–Crippen MR) is 66.6 cm³/mol. The van der Waals surface area contributed by atoms with Crippen molar-refractivity contribution in [1.82, 2.24) is 10.2 Å². The van der Waals surface area contributed by atoms with Crippen LogP contribution >= 0.6 is 11.3 Å². The van der Waals surface area contributed by atoms with Crippen LogP contribution < -0.4 is 10.1 Å². The molecule has 2 aromatic rings. The number of methoxy groups -OCH3 is 1. The van der Waals surface area contributed by atoms with Gasteiger partial charge in [0.25, 0.3) is 0 Å². The molecule has 0 radical (unpaired) electrons. The van der Waals surface area contributed by atoms with Crippen LogP contribution in [0.15, 0.2) is 23.7 Å². The lowest BCUT2D eigenvalue weighted by atomic mass is 10.1. The molecular formula is C11H13N3O2S. The first-order valence-corrected chi connectivity index (χ1v) is 5.98. The molecule has 1 unspecified atom stereocenters. The van der Waals surface area contributed by atoms with E-state index in [1.807, 2.05) is 13.0 Å². The van der Waals surface area contributed by atoms with E-state index in [0.717, 1.165) is 10.7 Å². The number of nitrogens with zero attached hydrogens (tertiary/aromatic N) is 2. The van der Waals surface area contributed by atoms with E-state index in [2.05, 4.69) is 15.5 Å². The Morgan fingerprint density at radius 2 is 2.29 bits per heavy atom. The van der Waals surface area contributed by atoms with Crippen molar-refractivity contribution < 1.29 is 9.84 Å². The van der Waals surface area contributed by atoms with Crippen molar-refractivity contribution in [3.8, 4) is 11.5 Å². The van der Waals surface area contributed by atoms with Gasteiger partial charge in [0.2, 0.25) is 5.13 Å². The first kappa shape index (κ1) is 11.7. The Morgan fingerprint density at radius 3 is 2.94 bits per heavy atom. The highest BCUT2D eigenvalue weighted by atomic mass is 32.1. The van der Waals surface area contributed by atoms with Gasteiger partial charge in [-0.2, -0.15) is 0 Å². The fraction of sp³-hybridized carbons (Fsp3) is 0.273. The molecule has 0 spiro atoms. The summed E-state index contributed by atoms with van der Waals surface area (Å²) in [6.07, 6.45) is 0. The molecule has 0 aliphatic heterocycles. The summed E-state index contributed by atoms with van der Waals surface area (Å²) in [6.45, 7) is 2.01. The number of benzene rings is 1. The van der Waals surface area contributed by atoms with E-state index in [-0.39, 0.29) is 11.8 Å². The molecule has 1 heterocycles. The maximum absolute atomic E-state index is 9.51. The summed E-state index contributed by atoms with van der Waals surface area (Å²) in [7, 11) is 1.53. The first-order valence-electron chi connectivity index (χ1n) is 5.10. The SMILES string of the molecule is COc1cc(C(C)Nc2nncs2)ccc1O. The number of anilines is 1. The van der Waals surface area contributed by atoms with E-state index >= 15 is 0 Å². The van der Waals surface area contributed by atoms with Gasteiger partial charge in [-0.25, -0.2) is 0 Å². The highest BCUT2D eigenvalue weighted by Gasteiger charge is 2.10. The van der Waals surface area contributed by atoms with Crippen molar-refractivity contribution in [2.75, 3.05) is 12.4 Å². The topological polar surface area (TPSA) is 67.3 Å². The second-order valence-corrected chi connectivity index (χ2v) is 4.37. The first-order chi connectivity index (χ1) is 8.20. The fourth-order valence-electron chi connectivity index (χ4n) is 1.47. The average molecular weight is 251 g/mol. The van der Waals surface area contributed by atoms with Gasteiger partial charge in [0.15, 0.2) is 11.5 Å². The molecule has 1 aromatic heterocycles. The van der Waals surface area contributed by atoms with Crippen molar-refractivity contribution in [2.45, 2.75) is 13.0 Å². The molecule has 0 fully saturated rings. The zero-order valence-electron chi connectivity index (χ0n) is 9.54. The lowest BCUT2D eigenvalue weighted by molar-refractivity contribution is 0.373. The Balaban J connectivity index is 2.16. The Kier molecular flexibility index (Phi) is 3.43. The van der Waals surface area contributed by atoms with Gasteiger partial charge in [-0.1, -0.05) is 17.4 Å². The molecule has 0 aliphatic rings. The Labute approximate surface area is 103 Å². The normalized spacial score (nSPS) is 12.1. The number of nitrogens with one attached hydrogen (secondary N) is 1. The molecule has 90 valence electrons. The number of hydrogen-bond acceptors (Lipinski definition) is 6. The number of rotatable bonds is 4. The number of aromatic hydroxyl groups is 1. The molecule has 0 aliphatic carbocycles. The van der Waals surface area contributed by atoms with Crippen molar-refractivity contribution >= 4 is 16.5 Å². The van der Waals surface area contributed by atoms with Crippen molar-refractivity contribution in [3.63, 3.8) is 0 Å². The maximum atomic E-state index is 9.51. The van der Waals surface area contributed by atoms with Crippen molar-refractivity contribution in [2.24, 2.45) is 0 Å². The molecule has 2 rings (SSSR count). The minimum absolute atomic E-state index is 0.0671. The third kappa shape index (κ3) is 2.65. The van der Waals surface area contributed by atoms with Gasteiger partial charge < -0.3 is 15.2 Å². The van der Waals surface area contributed by atoms with Gasteiger partial charge in [-0.15, -0.1) is 10.2 Å². The summed E-state index contributed by atoms with van der Waals surface area (Å²) < 4.78 is 5.07. The van der Waals surface area contributed by atoms with E-state index < -0.39 is 0 Å². The van der Waals surface area contributed by atoms with Crippen LogP contribution in [0.1, 0.15) is 18.5 Å². The van der Waals surface area contributed by atoms with Crippen LogP contribution in [0.5, 0.6) is 11.5 Å². The summed E-state index contributed by atoms with van der Waals surface area (Å²) in [5.74, 6) is 0.604. The summed E-state index contributed by atoms with van der Waals surface area (Å²) in [6, 6.07) is 5.33. The summed E-state index contributed by atoms with van der Waals surface area (Å²) >= 11 is 1.45. The molecule has 1 aromatic carbocycles. The lowest BCUT2D eigenvalue weighted by Gasteiger charge is -2.14.